The fourth-order valence-electron chi connectivity index (χ4n) is 0.147. The molecule has 0 bridgehead atoms. The molecule has 0 atom stereocenters. The predicted molar refractivity (Wildman–Crippen MR) is 23.9 cm³/mol. The van der Waals surface area contributed by atoms with E-state index in [2.05, 4.69) is 4.74 Å². The molecule has 4 heteroatoms. The van der Waals surface area contributed by atoms with Crippen molar-refractivity contribution in [1.82, 2.24) is 0 Å². The number of carbonyl (C=O) groups is 1. The third kappa shape index (κ3) is 4.72. The van der Waals surface area contributed by atoms with E-state index < -0.39 is 12.6 Å². The molecule has 0 aliphatic heterocycles. The number of carboxylic acid groups (broad SMARTS) is 1. The fourth-order valence-corrected chi connectivity index (χ4v) is 0.147. The van der Waals surface area contributed by atoms with Crippen molar-refractivity contribution in [2.45, 2.75) is 0 Å². The Bertz CT molecular complexity index is 120. The Morgan fingerprint density at radius 2 is 2.50 bits per heavy atom. The first-order valence-electron chi connectivity index (χ1n) is 1.80. The maximum atomic E-state index is 9.60. The van der Waals surface area contributed by atoms with Crippen LogP contribution in [0.15, 0.2) is 6.26 Å². The predicted octanol–water partition coefficient (Wildman–Crippen LogP) is -0.567. The van der Waals surface area contributed by atoms with E-state index in [1.54, 1.807) is 0 Å². The molecule has 0 saturated heterocycles. The molecule has 1 N–H and O–H groups in total. The van der Waals surface area contributed by atoms with E-state index >= 15 is 0 Å². The third-order valence-corrected chi connectivity index (χ3v) is 0.338. The van der Waals surface area contributed by atoms with Gasteiger partial charge in [0.05, 0.1) is 0 Å². The Balaban J connectivity index is 3.18. The summed E-state index contributed by atoms with van der Waals surface area (Å²) in [5.41, 5.74) is 0. The van der Waals surface area contributed by atoms with Crippen LogP contribution in [-0.4, -0.2) is 23.6 Å². The molecule has 0 unspecified atom stereocenters. The molecule has 44 valence electrons. The minimum atomic E-state index is -1.11. The second kappa shape index (κ2) is 3.89. The molecule has 0 fully saturated rings. The highest BCUT2D eigenvalue weighted by atomic mass is 16.5. The van der Waals surface area contributed by atoms with Crippen molar-refractivity contribution < 1.29 is 19.4 Å². The van der Waals surface area contributed by atoms with Gasteiger partial charge in [-0.1, -0.05) is 0 Å². The van der Waals surface area contributed by atoms with E-state index in [9.17, 15) is 9.59 Å². The molecule has 0 aromatic rings. The summed E-state index contributed by atoms with van der Waals surface area (Å²) in [7, 11) is 0. The molecule has 4 nitrogen and oxygen atoms in total. The molecule has 0 radical (unpaired) electrons. The first-order valence-corrected chi connectivity index (χ1v) is 1.80. The highest BCUT2D eigenvalue weighted by Gasteiger charge is 1.90. The lowest BCUT2D eigenvalue weighted by Gasteiger charge is -1.87. The number of ether oxygens (including phenoxy) is 1. The van der Waals surface area contributed by atoms with Gasteiger partial charge in [-0.3, -0.25) is 0 Å². The minimum absolute atomic E-state index is 0.491. The van der Waals surface area contributed by atoms with Crippen LogP contribution < -0.4 is 0 Å². The molecular formula is C4H4O4. The normalized spacial score (nSPS) is 7.00. The van der Waals surface area contributed by atoms with Crippen molar-refractivity contribution in [3.05, 3.63) is 6.26 Å². The summed E-state index contributed by atoms with van der Waals surface area (Å²) >= 11 is 0. The van der Waals surface area contributed by atoms with E-state index in [1.807, 2.05) is 0 Å². The maximum Gasteiger partial charge on any atom is 0.341 e. The first kappa shape index (κ1) is 6.72. The van der Waals surface area contributed by atoms with Gasteiger partial charge in [0.2, 0.25) is 0 Å². The van der Waals surface area contributed by atoms with E-state index in [1.165, 1.54) is 5.94 Å². The zero-order chi connectivity index (χ0) is 6.41. The van der Waals surface area contributed by atoms with Gasteiger partial charge >= 0.3 is 5.97 Å². The second-order valence-electron chi connectivity index (χ2n) is 0.940. The van der Waals surface area contributed by atoms with E-state index in [0.29, 0.717) is 6.26 Å². The van der Waals surface area contributed by atoms with Crippen LogP contribution in [0.3, 0.4) is 0 Å². The van der Waals surface area contributed by atoms with Gasteiger partial charge in [-0.15, -0.1) is 0 Å². The first-order chi connectivity index (χ1) is 3.77. The molecule has 0 amide bonds. The summed E-state index contributed by atoms with van der Waals surface area (Å²) in [6.07, 6.45) is 0.661. The average Bonchev–Trinajstić information content (AvgIpc) is 1.66. The zero-order valence-corrected chi connectivity index (χ0v) is 3.96. The molecule has 0 aromatic heterocycles. The van der Waals surface area contributed by atoms with Crippen LogP contribution in [0.4, 0.5) is 0 Å². The monoisotopic (exact) mass is 116 g/mol. The van der Waals surface area contributed by atoms with Gasteiger partial charge in [-0.05, 0) is 0 Å². The van der Waals surface area contributed by atoms with Crippen molar-refractivity contribution in [3.63, 3.8) is 0 Å². The summed E-state index contributed by atoms with van der Waals surface area (Å²) < 4.78 is 4.10. The van der Waals surface area contributed by atoms with Gasteiger partial charge in [-0.2, -0.15) is 0 Å². The smallest absolute Gasteiger partial charge is 0.341 e. The number of hydrogen-bond donors (Lipinski definition) is 1. The maximum absolute atomic E-state index is 9.60. The van der Waals surface area contributed by atoms with E-state index in [0.717, 1.165) is 0 Å². The number of hydrogen-bond acceptors (Lipinski definition) is 3. The van der Waals surface area contributed by atoms with Crippen LogP contribution in [-0.2, 0) is 14.3 Å². The van der Waals surface area contributed by atoms with Gasteiger partial charge in [0, 0.05) is 0 Å². The van der Waals surface area contributed by atoms with E-state index in [4.69, 9.17) is 5.11 Å². The standard InChI is InChI=1S/C4H4O4/c5-1-2-8-3-4(6)7/h2H,3H2,(H,6,7). The molecule has 0 aliphatic rings. The van der Waals surface area contributed by atoms with Gasteiger partial charge in [0.15, 0.2) is 18.8 Å². The molecule has 0 heterocycles. The lowest BCUT2D eigenvalue weighted by Crippen LogP contribution is -2.02. The van der Waals surface area contributed by atoms with Gasteiger partial charge in [-0.25, -0.2) is 9.59 Å². The Labute approximate surface area is 45.4 Å². The summed E-state index contributed by atoms with van der Waals surface area (Å²) in [4.78, 5) is 18.9. The van der Waals surface area contributed by atoms with Gasteiger partial charge in [0.25, 0.3) is 0 Å². The number of carboxylic acids is 1. The number of carbonyl (C=O) groups excluding carboxylic acids is 1. The molecule has 0 aliphatic carbocycles. The Morgan fingerprint density at radius 1 is 1.88 bits per heavy atom. The van der Waals surface area contributed by atoms with Crippen LogP contribution >= 0.6 is 0 Å². The SMILES string of the molecule is O=C=COCC(=O)O. The topological polar surface area (TPSA) is 63.6 Å². The number of rotatable bonds is 3. The Morgan fingerprint density at radius 3 is 2.88 bits per heavy atom. The highest BCUT2D eigenvalue weighted by molar-refractivity contribution is 5.68. The van der Waals surface area contributed by atoms with Crippen molar-refractivity contribution >= 4 is 11.9 Å². The summed E-state index contributed by atoms with van der Waals surface area (Å²) in [5, 5.41) is 7.87. The van der Waals surface area contributed by atoms with Crippen LogP contribution in [0.1, 0.15) is 0 Å². The van der Waals surface area contributed by atoms with Crippen LogP contribution in [0.25, 0.3) is 0 Å². The quantitative estimate of drug-likeness (QED) is 0.396. The van der Waals surface area contributed by atoms with Gasteiger partial charge in [0.1, 0.15) is 0 Å². The van der Waals surface area contributed by atoms with Crippen molar-refractivity contribution in [2.75, 3.05) is 6.61 Å². The van der Waals surface area contributed by atoms with Crippen LogP contribution in [0.2, 0.25) is 0 Å². The second-order valence-corrected chi connectivity index (χ2v) is 0.940. The van der Waals surface area contributed by atoms with Crippen LogP contribution in [0.5, 0.6) is 0 Å². The average molecular weight is 116 g/mol. The summed E-state index contributed by atoms with van der Waals surface area (Å²) in [5.74, 6) is 0.148. The molecule has 8 heavy (non-hydrogen) atoms. The largest absolute Gasteiger partial charge is 0.479 e. The van der Waals surface area contributed by atoms with Crippen molar-refractivity contribution in [1.29, 1.82) is 0 Å². The Kier molecular flexibility index (Phi) is 3.27. The summed E-state index contributed by atoms with van der Waals surface area (Å²) in [6.45, 7) is -0.491. The molecule has 0 rings (SSSR count). The zero-order valence-electron chi connectivity index (χ0n) is 3.96. The Hall–Kier alpha value is -1.28. The van der Waals surface area contributed by atoms with Crippen molar-refractivity contribution in [3.8, 4) is 0 Å². The van der Waals surface area contributed by atoms with Gasteiger partial charge < -0.3 is 9.84 Å². The molecular weight excluding hydrogens is 112 g/mol. The molecule has 0 aromatic carbocycles. The third-order valence-electron chi connectivity index (χ3n) is 0.338. The van der Waals surface area contributed by atoms with Crippen molar-refractivity contribution in [2.24, 2.45) is 0 Å². The molecule has 0 saturated carbocycles. The number of aliphatic carboxylic acids is 1. The lowest BCUT2D eigenvalue weighted by molar-refractivity contribution is -0.140. The highest BCUT2D eigenvalue weighted by Crippen LogP contribution is 1.69. The minimum Gasteiger partial charge on any atom is -0.479 e. The molecule has 0 spiro atoms. The summed E-state index contributed by atoms with van der Waals surface area (Å²) in [6, 6.07) is 0. The fraction of sp³-hybridized carbons (Fsp3) is 0.250. The van der Waals surface area contributed by atoms with Crippen LogP contribution in [0, 0.1) is 0 Å². The lowest BCUT2D eigenvalue weighted by atomic mass is 10.7. The van der Waals surface area contributed by atoms with E-state index in [-0.39, 0.29) is 0 Å².